The second kappa shape index (κ2) is 6.88. The summed E-state index contributed by atoms with van der Waals surface area (Å²) < 4.78 is 30.7. The predicted molar refractivity (Wildman–Crippen MR) is 128 cm³/mol. The van der Waals surface area contributed by atoms with Crippen molar-refractivity contribution in [2.45, 2.75) is 4.90 Å². The topological polar surface area (TPSA) is 88.2 Å². The van der Waals surface area contributed by atoms with Crippen LogP contribution in [0, 0.1) is 0 Å². The number of carbonyl (C=O) groups excluding carboxylic acids is 1. The summed E-state index contributed by atoms with van der Waals surface area (Å²) in [5, 5.41) is 4.65. The number of aromatic nitrogens is 1. The van der Waals surface area contributed by atoms with Crippen LogP contribution in [0.2, 0.25) is 0 Å². The van der Waals surface area contributed by atoms with Crippen LogP contribution in [0.25, 0.3) is 31.6 Å². The summed E-state index contributed by atoms with van der Waals surface area (Å²) in [5.41, 5.74) is 3.12. The van der Waals surface area contributed by atoms with Crippen molar-refractivity contribution >= 4 is 59.6 Å². The molecule has 0 saturated carbocycles. The Bertz CT molecular complexity index is 1640. The SMILES string of the molecule is O=C1Nc2ccc(S(=O)(=O)Nc3ccccc3-c3nc4ccccc4s3)c3cccc1c23. The third kappa shape index (κ3) is 2.88. The van der Waals surface area contributed by atoms with Gasteiger partial charge in [-0.25, -0.2) is 13.4 Å². The molecule has 0 aliphatic carbocycles. The van der Waals surface area contributed by atoms with E-state index in [1.54, 1.807) is 36.4 Å². The lowest BCUT2D eigenvalue weighted by Crippen LogP contribution is -2.14. The smallest absolute Gasteiger partial charge is 0.262 e. The highest BCUT2D eigenvalue weighted by Gasteiger charge is 2.27. The van der Waals surface area contributed by atoms with Crippen molar-refractivity contribution in [1.29, 1.82) is 0 Å². The van der Waals surface area contributed by atoms with Crippen LogP contribution in [0.5, 0.6) is 0 Å². The van der Waals surface area contributed by atoms with Crippen LogP contribution in [0.4, 0.5) is 11.4 Å². The minimum Gasteiger partial charge on any atom is -0.321 e. The van der Waals surface area contributed by atoms with Gasteiger partial charge in [-0.1, -0.05) is 36.4 Å². The quantitative estimate of drug-likeness (QED) is 0.374. The molecule has 0 saturated heterocycles. The molecule has 0 atom stereocenters. The number of sulfonamides is 1. The first kappa shape index (κ1) is 19.0. The zero-order chi connectivity index (χ0) is 21.9. The number of nitrogens with one attached hydrogen (secondary N) is 2. The van der Waals surface area contributed by atoms with Crippen molar-refractivity contribution in [2.75, 3.05) is 10.0 Å². The number of thiazole rings is 1. The Hall–Kier alpha value is -3.75. The molecule has 8 heteroatoms. The minimum absolute atomic E-state index is 0.119. The van der Waals surface area contributed by atoms with E-state index in [-0.39, 0.29) is 10.8 Å². The molecule has 2 N–H and O–H groups in total. The number of rotatable bonds is 4. The van der Waals surface area contributed by atoms with Crippen molar-refractivity contribution in [3.05, 3.63) is 84.4 Å². The predicted octanol–water partition coefficient (Wildman–Crippen LogP) is 5.48. The van der Waals surface area contributed by atoms with Crippen LogP contribution in [-0.4, -0.2) is 19.3 Å². The second-order valence-electron chi connectivity index (χ2n) is 7.43. The van der Waals surface area contributed by atoms with Gasteiger partial charge in [-0.15, -0.1) is 11.3 Å². The van der Waals surface area contributed by atoms with E-state index in [9.17, 15) is 13.2 Å². The molecule has 1 aliphatic rings. The fraction of sp³-hybridized carbons (Fsp3) is 0. The average molecular weight is 458 g/mol. The van der Waals surface area contributed by atoms with Gasteiger partial charge in [0, 0.05) is 27.6 Å². The van der Waals surface area contributed by atoms with Gasteiger partial charge in [0.2, 0.25) is 0 Å². The zero-order valence-corrected chi connectivity index (χ0v) is 18.1. The second-order valence-corrected chi connectivity index (χ2v) is 10.1. The fourth-order valence-electron chi connectivity index (χ4n) is 4.04. The molecule has 1 aliphatic heterocycles. The average Bonchev–Trinajstić information content (AvgIpc) is 3.36. The molecule has 6 nitrogen and oxygen atoms in total. The number of carbonyl (C=O) groups is 1. The molecular weight excluding hydrogens is 442 g/mol. The first-order chi connectivity index (χ1) is 15.5. The summed E-state index contributed by atoms with van der Waals surface area (Å²) in [6.07, 6.45) is 0. The van der Waals surface area contributed by atoms with Gasteiger partial charge in [-0.3, -0.25) is 9.52 Å². The monoisotopic (exact) mass is 457 g/mol. The maximum atomic E-state index is 13.5. The van der Waals surface area contributed by atoms with Gasteiger partial charge >= 0.3 is 0 Å². The molecular formula is C24H15N3O3S2. The number of amides is 1. The number of anilines is 2. The lowest BCUT2D eigenvalue weighted by Gasteiger charge is -2.13. The first-order valence-corrected chi connectivity index (χ1v) is 12.2. The van der Waals surface area contributed by atoms with E-state index in [2.05, 4.69) is 15.0 Å². The van der Waals surface area contributed by atoms with E-state index < -0.39 is 10.0 Å². The molecule has 1 aromatic heterocycles. The maximum Gasteiger partial charge on any atom is 0.262 e. The molecule has 32 heavy (non-hydrogen) atoms. The Kier molecular flexibility index (Phi) is 4.08. The van der Waals surface area contributed by atoms with Gasteiger partial charge < -0.3 is 5.32 Å². The fourth-order valence-corrected chi connectivity index (χ4v) is 6.33. The summed E-state index contributed by atoms with van der Waals surface area (Å²) in [5.74, 6) is -0.228. The van der Waals surface area contributed by atoms with Crippen molar-refractivity contribution in [3.63, 3.8) is 0 Å². The highest BCUT2D eigenvalue weighted by atomic mass is 32.2. The molecule has 0 bridgehead atoms. The Morgan fingerprint density at radius 1 is 0.844 bits per heavy atom. The van der Waals surface area contributed by atoms with E-state index in [4.69, 9.17) is 0 Å². The van der Waals surface area contributed by atoms with Gasteiger partial charge in [-0.05, 0) is 42.5 Å². The third-order valence-electron chi connectivity index (χ3n) is 5.48. The van der Waals surface area contributed by atoms with E-state index in [1.165, 1.54) is 17.4 Å². The molecule has 1 amide bonds. The summed E-state index contributed by atoms with van der Waals surface area (Å²) in [6, 6.07) is 23.3. The molecule has 156 valence electrons. The van der Waals surface area contributed by atoms with Crippen LogP contribution in [0.1, 0.15) is 10.4 Å². The number of benzene rings is 4. The number of nitrogens with zero attached hydrogens (tertiary/aromatic N) is 1. The number of hydrogen-bond acceptors (Lipinski definition) is 5. The number of hydrogen-bond donors (Lipinski definition) is 2. The van der Waals surface area contributed by atoms with Gasteiger partial charge in [0.1, 0.15) is 5.01 Å². The van der Waals surface area contributed by atoms with Crippen molar-refractivity contribution < 1.29 is 13.2 Å². The van der Waals surface area contributed by atoms with Gasteiger partial charge in [0.15, 0.2) is 0 Å². The largest absolute Gasteiger partial charge is 0.321 e. The zero-order valence-electron chi connectivity index (χ0n) is 16.5. The summed E-state index contributed by atoms with van der Waals surface area (Å²) in [7, 11) is -3.94. The van der Waals surface area contributed by atoms with Crippen molar-refractivity contribution in [3.8, 4) is 10.6 Å². The van der Waals surface area contributed by atoms with Gasteiger partial charge in [0.05, 0.1) is 20.8 Å². The normalized spacial score (nSPS) is 12.9. The first-order valence-electron chi connectivity index (χ1n) is 9.86. The van der Waals surface area contributed by atoms with Crippen LogP contribution < -0.4 is 10.0 Å². The van der Waals surface area contributed by atoms with Crippen LogP contribution in [-0.2, 0) is 10.0 Å². The molecule has 0 unspecified atom stereocenters. The van der Waals surface area contributed by atoms with E-state index in [1.807, 2.05) is 36.4 Å². The Morgan fingerprint density at radius 2 is 1.62 bits per heavy atom. The molecule has 0 spiro atoms. The summed E-state index contributed by atoms with van der Waals surface area (Å²) in [6.45, 7) is 0. The lowest BCUT2D eigenvalue weighted by molar-refractivity contribution is 0.103. The molecule has 5 aromatic rings. The minimum atomic E-state index is -3.94. The van der Waals surface area contributed by atoms with E-state index in [0.29, 0.717) is 33.3 Å². The van der Waals surface area contributed by atoms with E-state index in [0.717, 1.165) is 15.2 Å². The molecule has 0 fully saturated rings. The molecule has 6 rings (SSSR count). The van der Waals surface area contributed by atoms with Crippen molar-refractivity contribution in [1.82, 2.24) is 4.98 Å². The van der Waals surface area contributed by atoms with Crippen LogP contribution in [0.15, 0.2) is 83.8 Å². The van der Waals surface area contributed by atoms with E-state index >= 15 is 0 Å². The molecule has 4 aromatic carbocycles. The van der Waals surface area contributed by atoms with Crippen LogP contribution in [0.3, 0.4) is 0 Å². The Labute approximate surface area is 187 Å². The van der Waals surface area contributed by atoms with Crippen LogP contribution >= 0.6 is 11.3 Å². The third-order valence-corrected chi connectivity index (χ3v) is 7.97. The molecule has 2 heterocycles. The number of fused-ring (bicyclic) bond motifs is 1. The Morgan fingerprint density at radius 3 is 2.50 bits per heavy atom. The Balaban J connectivity index is 1.47. The standard InChI is InChI=1S/C24H15N3O3S2/c28-23-16-8-5-7-15-21(13-12-19(25-23)22(15)16)32(29,30)27-17-9-2-1-6-14(17)24-26-18-10-3-4-11-20(18)31-24/h1-13,27H,(H,25,28). The molecule has 0 radical (unpaired) electrons. The van der Waals surface area contributed by atoms with Gasteiger partial charge in [-0.2, -0.15) is 0 Å². The number of para-hydroxylation sites is 2. The van der Waals surface area contributed by atoms with Crippen molar-refractivity contribution in [2.24, 2.45) is 0 Å². The summed E-state index contributed by atoms with van der Waals surface area (Å²) >= 11 is 1.51. The maximum absolute atomic E-state index is 13.5. The lowest BCUT2D eigenvalue weighted by atomic mass is 10.1. The highest BCUT2D eigenvalue weighted by molar-refractivity contribution is 7.93. The highest BCUT2D eigenvalue weighted by Crippen LogP contribution is 2.39. The van der Waals surface area contributed by atoms with Gasteiger partial charge in [0.25, 0.3) is 15.9 Å². The summed E-state index contributed by atoms with van der Waals surface area (Å²) in [4.78, 5) is 17.0.